The van der Waals surface area contributed by atoms with Crippen LogP contribution in [0.5, 0.6) is 0 Å². The fourth-order valence-electron chi connectivity index (χ4n) is 0.866. The summed E-state index contributed by atoms with van der Waals surface area (Å²) in [5, 5.41) is 2.14. The van der Waals surface area contributed by atoms with Crippen LogP contribution in [0.2, 0.25) is 0 Å². The number of benzene rings is 1. The van der Waals surface area contributed by atoms with Crippen molar-refractivity contribution in [1.82, 2.24) is 5.32 Å². The highest BCUT2D eigenvalue weighted by Crippen LogP contribution is 2.31. The van der Waals surface area contributed by atoms with Crippen molar-refractivity contribution in [2.75, 3.05) is 6.29 Å². The second-order valence-corrected chi connectivity index (χ2v) is 4.34. The Morgan fingerprint density at radius 1 is 1.29 bits per heavy atom. The van der Waals surface area contributed by atoms with E-state index in [0.29, 0.717) is 5.56 Å². The van der Waals surface area contributed by atoms with E-state index in [2.05, 4.69) is 5.32 Å². The molecule has 1 aromatic rings. The van der Waals surface area contributed by atoms with Crippen LogP contribution < -0.4 is 5.32 Å². The predicted octanol–water partition coefficient (Wildman–Crippen LogP) is 0.552. The summed E-state index contributed by atoms with van der Waals surface area (Å²) >= 11 is 0. The lowest BCUT2D eigenvalue weighted by molar-refractivity contribution is 0.0957. The van der Waals surface area contributed by atoms with Crippen LogP contribution in [0.25, 0.3) is 0 Å². The monoisotopic (exact) mass is 215 g/mol. The molecule has 3 N–H and O–H groups in total. The van der Waals surface area contributed by atoms with Gasteiger partial charge in [-0.2, -0.15) is 0 Å². The fraction of sp³-hybridized carbons (Fsp3) is 0.125. The van der Waals surface area contributed by atoms with Crippen molar-refractivity contribution < 1.29 is 19.1 Å². The van der Waals surface area contributed by atoms with Crippen molar-refractivity contribution in [3.8, 4) is 0 Å². The van der Waals surface area contributed by atoms with E-state index >= 15 is 0 Å². The lowest BCUT2D eigenvalue weighted by Crippen LogP contribution is -2.24. The van der Waals surface area contributed by atoms with Crippen LogP contribution in [0.1, 0.15) is 10.4 Å². The van der Waals surface area contributed by atoms with Crippen molar-refractivity contribution in [3.63, 3.8) is 0 Å². The largest absolute Gasteiger partial charge is 0.344 e. The number of carbonyl (C=O) groups is 1. The molecule has 0 spiro atoms. The third-order valence-corrected chi connectivity index (χ3v) is 2.05. The van der Waals surface area contributed by atoms with Crippen molar-refractivity contribution in [2.24, 2.45) is 0 Å². The Morgan fingerprint density at radius 2 is 1.86 bits per heavy atom. The quantitative estimate of drug-likeness (QED) is 0.642. The summed E-state index contributed by atoms with van der Waals surface area (Å²) in [4.78, 5) is 28.3. The first-order valence-corrected chi connectivity index (χ1v) is 5.66. The second-order valence-electron chi connectivity index (χ2n) is 2.69. The van der Waals surface area contributed by atoms with Gasteiger partial charge in [-0.05, 0) is 12.1 Å². The van der Waals surface area contributed by atoms with E-state index < -0.39 is 19.8 Å². The summed E-state index contributed by atoms with van der Waals surface area (Å²) in [6.45, 7) is 0. The maximum Gasteiger partial charge on any atom is 0.344 e. The molecule has 6 heteroatoms. The standard InChI is InChI=1S/C8H10NO4P/c10-8(9-6-14(11,12)13)7-4-2-1-3-5-7/h1-5H,6H2,(H,9,10)(H2,11,12,13). The zero-order chi connectivity index (χ0) is 10.6. The Hall–Kier alpha value is -1.16. The third kappa shape index (κ3) is 3.70. The highest BCUT2D eigenvalue weighted by atomic mass is 31.2. The van der Waals surface area contributed by atoms with Crippen molar-refractivity contribution in [3.05, 3.63) is 35.9 Å². The molecule has 5 nitrogen and oxygen atoms in total. The van der Waals surface area contributed by atoms with Crippen LogP contribution in [0.3, 0.4) is 0 Å². The van der Waals surface area contributed by atoms with Gasteiger partial charge in [-0.15, -0.1) is 0 Å². The molecule has 0 saturated carbocycles. The van der Waals surface area contributed by atoms with Gasteiger partial charge in [-0.25, -0.2) is 0 Å². The van der Waals surface area contributed by atoms with Crippen molar-refractivity contribution >= 4 is 13.5 Å². The summed E-state index contributed by atoms with van der Waals surface area (Å²) in [7, 11) is -4.17. The summed E-state index contributed by atoms with van der Waals surface area (Å²) in [5.74, 6) is -0.492. The topological polar surface area (TPSA) is 86.6 Å². The maximum absolute atomic E-state index is 11.2. The van der Waals surface area contributed by atoms with Gasteiger partial charge in [-0.3, -0.25) is 9.36 Å². The van der Waals surface area contributed by atoms with Crippen LogP contribution in [0, 0.1) is 0 Å². The number of rotatable bonds is 3. The van der Waals surface area contributed by atoms with Crippen molar-refractivity contribution in [1.29, 1.82) is 0 Å². The molecule has 0 aliphatic heterocycles. The Balaban J connectivity index is 2.57. The predicted molar refractivity (Wildman–Crippen MR) is 50.8 cm³/mol. The summed E-state index contributed by atoms with van der Waals surface area (Å²) < 4.78 is 10.4. The van der Waals surface area contributed by atoms with Crippen molar-refractivity contribution in [2.45, 2.75) is 0 Å². The molecular weight excluding hydrogens is 205 g/mol. The molecule has 0 saturated heterocycles. The first kappa shape index (κ1) is 10.9. The highest BCUT2D eigenvalue weighted by molar-refractivity contribution is 7.51. The molecule has 1 rings (SSSR count). The van der Waals surface area contributed by atoms with Gasteiger partial charge in [0.2, 0.25) is 0 Å². The molecule has 0 heterocycles. The van der Waals surface area contributed by atoms with E-state index in [9.17, 15) is 9.36 Å². The molecule has 0 radical (unpaired) electrons. The minimum Gasteiger partial charge on any atom is -0.340 e. The van der Waals surface area contributed by atoms with Gasteiger partial charge in [0.1, 0.15) is 6.29 Å². The van der Waals surface area contributed by atoms with Crippen LogP contribution in [0.15, 0.2) is 30.3 Å². The Morgan fingerprint density at radius 3 is 2.36 bits per heavy atom. The zero-order valence-corrected chi connectivity index (χ0v) is 8.15. The van der Waals surface area contributed by atoms with E-state index in [1.165, 1.54) is 0 Å². The first-order valence-electron chi connectivity index (χ1n) is 3.87. The number of hydrogen-bond acceptors (Lipinski definition) is 2. The maximum atomic E-state index is 11.2. The molecule has 0 aliphatic carbocycles. The Bertz CT molecular complexity index is 359. The minimum absolute atomic E-state index is 0.376. The lowest BCUT2D eigenvalue weighted by atomic mass is 10.2. The number of carbonyl (C=O) groups excluding carboxylic acids is 1. The second kappa shape index (κ2) is 4.37. The molecule has 1 amide bonds. The molecule has 76 valence electrons. The molecule has 0 aliphatic rings. The first-order chi connectivity index (χ1) is 6.49. The van der Waals surface area contributed by atoms with Gasteiger partial charge < -0.3 is 15.1 Å². The van der Waals surface area contributed by atoms with E-state index in [-0.39, 0.29) is 0 Å². The van der Waals surface area contributed by atoms with Gasteiger partial charge in [0, 0.05) is 5.56 Å². The highest BCUT2D eigenvalue weighted by Gasteiger charge is 2.14. The van der Waals surface area contributed by atoms with Gasteiger partial charge in [0.05, 0.1) is 0 Å². The normalized spacial score (nSPS) is 11.0. The number of nitrogens with one attached hydrogen (secondary N) is 1. The molecule has 0 atom stereocenters. The third-order valence-electron chi connectivity index (χ3n) is 1.48. The average Bonchev–Trinajstić information content (AvgIpc) is 2.14. The average molecular weight is 215 g/mol. The lowest BCUT2D eigenvalue weighted by Gasteiger charge is -2.05. The van der Waals surface area contributed by atoms with Gasteiger partial charge >= 0.3 is 7.60 Å². The molecule has 14 heavy (non-hydrogen) atoms. The summed E-state index contributed by atoms with van der Waals surface area (Å²) in [6.07, 6.45) is -0.638. The molecule has 0 aromatic heterocycles. The van der Waals surface area contributed by atoms with Crippen LogP contribution in [-0.2, 0) is 4.57 Å². The Labute approximate surface area is 80.9 Å². The number of hydrogen-bond donors (Lipinski definition) is 3. The minimum atomic E-state index is -4.17. The molecule has 0 unspecified atom stereocenters. The zero-order valence-electron chi connectivity index (χ0n) is 7.25. The molecular formula is C8H10NO4P. The molecule has 0 fully saturated rings. The SMILES string of the molecule is O=C(NCP(=O)(O)O)c1ccccc1. The van der Waals surface area contributed by atoms with E-state index in [1.807, 2.05) is 0 Å². The van der Waals surface area contributed by atoms with E-state index in [1.54, 1.807) is 30.3 Å². The number of amides is 1. The van der Waals surface area contributed by atoms with Crippen LogP contribution >= 0.6 is 7.60 Å². The molecule has 1 aromatic carbocycles. The Kier molecular flexibility index (Phi) is 3.41. The fourth-order valence-corrected chi connectivity index (χ4v) is 1.22. The molecule has 0 bridgehead atoms. The van der Waals surface area contributed by atoms with Gasteiger partial charge in [0.15, 0.2) is 0 Å². The van der Waals surface area contributed by atoms with Crippen LogP contribution in [0.4, 0.5) is 0 Å². The van der Waals surface area contributed by atoms with E-state index in [0.717, 1.165) is 0 Å². The van der Waals surface area contributed by atoms with Crippen LogP contribution in [-0.4, -0.2) is 22.0 Å². The summed E-state index contributed by atoms with van der Waals surface area (Å²) in [6, 6.07) is 8.22. The van der Waals surface area contributed by atoms with E-state index in [4.69, 9.17) is 9.79 Å². The summed E-state index contributed by atoms with van der Waals surface area (Å²) in [5.41, 5.74) is 0.376. The smallest absolute Gasteiger partial charge is 0.340 e. The van der Waals surface area contributed by atoms with Gasteiger partial charge in [0.25, 0.3) is 5.91 Å². The van der Waals surface area contributed by atoms with Gasteiger partial charge in [-0.1, -0.05) is 18.2 Å².